The number of hydrogen-bond acceptors (Lipinski definition) is 3. The number of carbonyl (C=O) groups is 1. The molecule has 1 fully saturated rings. The van der Waals surface area contributed by atoms with E-state index in [2.05, 4.69) is 15.7 Å². The molecule has 2 atom stereocenters. The number of aromatic nitrogens is 2. The van der Waals surface area contributed by atoms with Crippen LogP contribution in [0.2, 0.25) is 0 Å². The van der Waals surface area contributed by atoms with Crippen LogP contribution in [-0.4, -0.2) is 35.3 Å². The van der Waals surface area contributed by atoms with Gasteiger partial charge in [-0.1, -0.05) is 0 Å². The van der Waals surface area contributed by atoms with Gasteiger partial charge in [0.15, 0.2) is 0 Å². The SMILES string of the molecule is Cn1cc([C@H]2CNC[C@@H]2C(=O)NCCc2cc(F)ccc2F)cn1. The lowest BCUT2D eigenvalue weighted by molar-refractivity contribution is -0.124. The Balaban J connectivity index is 1.57. The average molecular weight is 334 g/mol. The van der Waals surface area contributed by atoms with E-state index in [1.54, 1.807) is 10.9 Å². The first-order chi connectivity index (χ1) is 11.5. The number of amides is 1. The van der Waals surface area contributed by atoms with Crippen molar-refractivity contribution < 1.29 is 13.6 Å². The summed E-state index contributed by atoms with van der Waals surface area (Å²) in [5.41, 5.74) is 1.29. The first kappa shape index (κ1) is 16.6. The Bertz CT molecular complexity index is 731. The standard InChI is InChI=1S/C17H20F2N4O/c1-23-10-12(7-22-23)14-8-20-9-15(14)17(24)21-5-4-11-6-13(18)2-3-16(11)19/h2-3,6-7,10,14-15,20H,4-5,8-9H2,1H3,(H,21,24)/t14-,15+/m1/s1. The van der Waals surface area contributed by atoms with E-state index in [0.717, 1.165) is 30.3 Å². The first-order valence-corrected chi connectivity index (χ1v) is 7.95. The van der Waals surface area contributed by atoms with E-state index >= 15 is 0 Å². The second-order valence-corrected chi connectivity index (χ2v) is 6.10. The summed E-state index contributed by atoms with van der Waals surface area (Å²) in [5.74, 6) is -1.13. The Morgan fingerprint density at radius 3 is 3.00 bits per heavy atom. The largest absolute Gasteiger partial charge is 0.355 e. The first-order valence-electron chi connectivity index (χ1n) is 7.95. The summed E-state index contributed by atoms with van der Waals surface area (Å²) >= 11 is 0. The van der Waals surface area contributed by atoms with Crippen molar-refractivity contribution in [3.8, 4) is 0 Å². The summed E-state index contributed by atoms with van der Waals surface area (Å²) in [6, 6.07) is 3.35. The quantitative estimate of drug-likeness (QED) is 0.868. The number of nitrogens with one attached hydrogen (secondary N) is 2. The zero-order valence-electron chi connectivity index (χ0n) is 13.4. The van der Waals surface area contributed by atoms with Crippen LogP contribution in [0.5, 0.6) is 0 Å². The van der Waals surface area contributed by atoms with Gasteiger partial charge in [0.25, 0.3) is 0 Å². The molecular weight excluding hydrogens is 314 g/mol. The topological polar surface area (TPSA) is 59.0 Å². The Labute approximate surface area is 139 Å². The fraction of sp³-hybridized carbons (Fsp3) is 0.412. The molecular formula is C17H20F2N4O. The number of halogens is 2. The minimum absolute atomic E-state index is 0.0737. The molecule has 1 amide bonds. The van der Waals surface area contributed by atoms with Crippen molar-refractivity contribution in [2.45, 2.75) is 12.3 Å². The third-order valence-corrected chi connectivity index (χ3v) is 4.41. The van der Waals surface area contributed by atoms with Gasteiger partial charge in [-0.3, -0.25) is 9.48 Å². The summed E-state index contributed by atoms with van der Waals surface area (Å²) in [4.78, 5) is 12.4. The van der Waals surface area contributed by atoms with Crippen molar-refractivity contribution in [2.24, 2.45) is 13.0 Å². The van der Waals surface area contributed by atoms with Crippen LogP contribution in [0.4, 0.5) is 8.78 Å². The van der Waals surface area contributed by atoms with Crippen LogP contribution in [0.1, 0.15) is 17.0 Å². The number of benzene rings is 1. The number of aryl methyl sites for hydroxylation is 1. The minimum Gasteiger partial charge on any atom is -0.355 e. The summed E-state index contributed by atoms with van der Waals surface area (Å²) in [7, 11) is 1.84. The summed E-state index contributed by atoms with van der Waals surface area (Å²) in [5, 5.41) is 10.2. The van der Waals surface area contributed by atoms with Crippen molar-refractivity contribution >= 4 is 5.91 Å². The fourth-order valence-electron chi connectivity index (χ4n) is 3.12. The molecule has 0 unspecified atom stereocenters. The third-order valence-electron chi connectivity index (χ3n) is 4.41. The molecule has 1 saturated heterocycles. The molecule has 0 saturated carbocycles. The summed E-state index contributed by atoms with van der Waals surface area (Å²) < 4.78 is 28.4. The zero-order chi connectivity index (χ0) is 17.1. The van der Waals surface area contributed by atoms with Gasteiger partial charge in [0, 0.05) is 38.8 Å². The molecule has 1 aliphatic rings. The average Bonchev–Trinajstić information content (AvgIpc) is 3.19. The smallest absolute Gasteiger partial charge is 0.225 e. The molecule has 7 heteroatoms. The fourth-order valence-corrected chi connectivity index (χ4v) is 3.12. The van der Waals surface area contributed by atoms with Crippen molar-refractivity contribution in [3.63, 3.8) is 0 Å². The predicted molar refractivity (Wildman–Crippen MR) is 85.4 cm³/mol. The lowest BCUT2D eigenvalue weighted by Crippen LogP contribution is -2.35. The highest BCUT2D eigenvalue weighted by molar-refractivity contribution is 5.80. The monoisotopic (exact) mass is 334 g/mol. The molecule has 2 heterocycles. The van der Waals surface area contributed by atoms with E-state index in [9.17, 15) is 13.6 Å². The van der Waals surface area contributed by atoms with E-state index in [1.165, 1.54) is 0 Å². The van der Waals surface area contributed by atoms with Crippen molar-refractivity contribution in [2.75, 3.05) is 19.6 Å². The maximum atomic E-state index is 13.6. The number of rotatable bonds is 5. The maximum absolute atomic E-state index is 13.6. The van der Waals surface area contributed by atoms with Crippen LogP contribution >= 0.6 is 0 Å². The normalized spacial score (nSPS) is 20.3. The van der Waals surface area contributed by atoms with E-state index < -0.39 is 11.6 Å². The van der Waals surface area contributed by atoms with Gasteiger partial charge in [-0.05, 0) is 35.7 Å². The molecule has 1 aromatic carbocycles. The Kier molecular flexibility index (Phi) is 4.89. The van der Waals surface area contributed by atoms with Crippen molar-refractivity contribution in [1.29, 1.82) is 0 Å². The zero-order valence-corrected chi connectivity index (χ0v) is 13.4. The van der Waals surface area contributed by atoms with Gasteiger partial charge in [0.1, 0.15) is 11.6 Å². The summed E-state index contributed by atoms with van der Waals surface area (Å²) in [6.45, 7) is 1.59. The molecule has 128 valence electrons. The van der Waals surface area contributed by atoms with E-state index in [-0.39, 0.29) is 36.3 Å². The van der Waals surface area contributed by atoms with E-state index in [4.69, 9.17) is 0 Å². The van der Waals surface area contributed by atoms with Crippen LogP contribution < -0.4 is 10.6 Å². The maximum Gasteiger partial charge on any atom is 0.225 e. The van der Waals surface area contributed by atoms with Gasteiger partial charge >= 0.3 is 0 Å². The van der Waals surface area contributed by atoms with Crippen molar-refractivity contribution in [1.82, 2.24) is 20.4 Å². The summed E-state index contributed by atoms with van der Waals surface area (Å²) in [6.07, 6.45) is 3.95. The Morgan fingerprint density at radius 1 is 1.42 bits per heavy atom. The van der Waals surface area contributed by atoms with Crippen LogP contribution in [0.3, 0.4) is 0 Å². The molecule has 0 aliphatic carbocycles. The highest BCUT2D eigenvalue weighted by Gasteiger charge is 2.34. The Hall–Kier alpha value is -2.28. The molecule has 1 aromatic heterocycles. The lowest BCUT2D eigenvalue weighted by Gasteiger charge is -2.17. The predicted octanol–water partition coefficient (Wildman–Crippen LogP) is 1.36. The van der Waals surface area contributed by atoms with Crippen LogP contribution in [-0.2, 0) is 18.3 Å². The highest BCUT2D eigenvalue weighted by Crippen LogP contribution is 2.27. The molecule has 2 aromatic rings. The molecule has 5 nitrogen and oxygen atoms in total. The molecule has 24 heavy (non-hydrogen) atoms. The van der Waals surface area contributed by atoms with E-state index in [1.807, 2.05) is 13.2 Å². The van der Waals surface area contributed by atoms with Crippen LogP contribution in [0, 0.1) is 17.6 Å². The Morgan fingerprint density at radius 2 is 2.25 bits per heavy atom. The van der Waals surface area contributed by atoms with Crippen molar-refractivity contribution in [3.05, 3.63) is 53.4 Å². The van der Waals surface area contributed by atoms with Gasteiger partial charge in [-0.15, -0.1) is 0 Å². The van der Waals surface area contributed by atoms with Gasteiger partial charge in [0.2, 0.25) is 5.91 Å². The number of carbonyl (C=O) groups excluding carboxylic acids is 1. The van der Waals surface area contributed by atoms with Gasteiger partial charge in [0.05, 0.1) is 12.1 Å². The number of nitrogens with zero attached hydrogens (tertiary/aromatic N) is 2. The second-order valence-electron chi connectivity index (χ2n) is 6.10. The highest BCUT2D eigenvalue weighted by atomic mass is 19.1. The third kappa shape index (κ3) is 3.62. The van der Waals surface area contributed by atoms with Crippen LogP contribution in [0.25, 0.3) is 0 Å². The molecule has 0 bridgehead atoms. The van der Waals surface area contributed by atoms with Crippen LogP contribution in [0.15, 0.2) is 30.6 Å². The molecule has 0 spiro atoms. The van der Waals surface area contributed by atoms with Gasteiger partial charge in [-0.2, -0.15) is 5.10 Å². The molecule has 2 N–H and O–H groups in total. The van der Waals surface area contributed by atoms with Gasteiger partial charge in [-0.25, -0.2) is 8.78 Å². The second kappa shape index (κ2) is 7.09. The van der Waals surface area contributed by atoms with E-state index in [0.29, 0.717) is 6.54 Å². The molecule has 0 radical (unpaired) electrons. The molecule has 1 aliphatic heterocycles. The number of hydrogen-bond donors (Lipinski definition) is 2. The van der Waals surface area contributed by atoms with Gasteiger partial charge < -0.3 is 10.6 Å². The lowest BCUT2D eigenvalue weighted by atomic mass is 9.90. The molecule has 3 rings (SSSR count). The minimum atomic E-state index is -0.477.